The SMILES string of the molecule is O=C1CCC(C(=O)N2CCNCC23CCCCC3)N1. The van der Waals surface area contributed by atoms with Crippen molar-refractivity contribution in [3.63, 3.8) is 0 Å². The van der Waals surface area contributed by atoms with Crippen molar-refractivity contribution >= 4 is 11.8 Å². The molecule has 2 N–H and O–H groups in total. The zero-order chi connectivity index (χ0) is 13.3. The number of piperazine rings is 1. The third-order valence-corrected chi connectivity index (χ3v) is 4.88. The lowest BCUT2D eigenvalue weighted by Gasteiger charge is -2.50. The van der Waals surface area contributed by atoms with E-state index in [-0.39, 0.29) is 23.4 Å². The third kappa shape index (κ3) is 2.36. The molecule has 2 heterocycles. The lowest BCUT2D eigenvalue weighted by atomic mass is 9.78. The Morgan fingerprint density at radius 2 is 2.05 bits per heavy atom. The van der Waals surface area contributed by atoms with Crippen LogP contribution in [0.25, 0.3) is 0 Å². The molecule has 5 nitrogen and oxygen atoms in total. The summed E-state index contributed by atoms with van der Waals surface area (Å²) >= 11 is 0. The van der Waals surface area contributed by atoms with E-state index in [9.17, 15) is 9.59 Å². The molecule has 2 amide bonds. The molecule has 0 radical (unpaired) electrons. The maximum atomic E-state index is 12.7. The molecule has 2 saturated heterocycles. The molecule has 3 fully saturated rings. The third-order valence-electron chi connectivity index (χ3n) is 4.88. The maximum absolute atomic E-state index is 12.7. The van der Waals surface area contributed by atoms with Gasteiger partial charge in [0.2, 0.25) is 11.8 Å². The topological polar surface area (TPSA) is 61.4 Å². The first-order valence-electron chi connectivity index (χ1n) is 7.53. The average Bonchev–Trinajstić information content (AvgIpc) is 2.86. The molecule has 0 aromatic rings. The molecule has 106 valence electrons. The fourth-order valence-electron chi connectivity index (χ4n) is 3.83. The number of nitrogens with one attached hydrogen (secondary N) is 2. The van der Waals surface area contributed by atoms with Crippen LogP contribution in [0.2, 0.25) is 0 Å². The minimum Gasteiger partial charge on any atom is -0.344 e. The summed E-state index contributed by atoms with van der Waals surface area (Å²) in [7, 11) is 0. The van der Waals surface area contributed by atoms with Crippen LogP contribution in [-0.2, 0) is 9.59 Å². The predicted molar refractivity (Wildman–Crippen MR) is 71.6 cm³/mol. The van der Waals surface area contributed by atoms with Crippen molar-refractivity contribution in [1.82, 2.24) is 15.5 Å². The zero-order valence-electron chi connectivity index (χ0n) is 11.4. The van der Waals surface area contributed by atoms with Gasteiger partial charge in [0.15, 0.2) is 0 Å². The number of hydrogen-bond donors (Lipinski definition) is 2. The largest absolute Gasteiger partial charge is 0.344 e. The van der Waals surface area contributed by atoms with Crippen molar-refractivity contribution in [3.05, 3.63) is 0 Å². The molecule has 1 atom stereocenters. The maximum Gasteiger partial charge on any atom is 0.245 e. The van der Waals surface area contributed by atoms with Crippen molar-refractivity contribution in [2.45, 2.75) is 56.5 Å². The van der Waals surface area contributed by atoms with Crippen molar-refractivity contribution < 1.29 is 9.59 Å². The first-order valence-corrected chi connectivity index (χ1v) is 7.53. The van der Waals surface area contributed by atoms with E-state index in [0.29, 0.717) is 12.8 Å². The van der Waals surface area contributed by atoms with Crippen LogP contribution in [0.4, 0.5) is 0 Å². The standard InChI is InChI=1S/C14H23N3O2/c18-12-5-4-11(16-12)13(19)17-9-8-15-10-14(17)6-2-1-3-7-14/h11,15H,1-10H2,(H,16,18). The van der Waals surface area contributed by atoms with Gasteiger partial charge in [0.05, 0.1) is 5.54 Å². The summed E-state index contributed by atoms with van der Waals surface area (Å²) in [4.78, 5) is 26.1. The summed E-state index contributed by atoms with van der Waals surface area (Å²) in [6.45, 7) is 2.57. The Kier molecular flexibility index (Phi) is 3.48. The van der Waals surface area contributed by atoms with Gasteiger partial charge in [-0.05, 0) is 19.3 Å². The number of rotatable bonds is 1. The van der Waals surface area contributed by atoms with Crippen LogP contribution in [0.15, 0.2) is 0 Å². The van der Waals surface area contributed by atoms with Gasteiger partial charge < -0.3 is 15.5 Å². The number of nitrogens with zero attached hydrogens (tertiary/aromatic N) is 1. The van der Waals surface area contributed by atoms with E-state index >= 15 is 0 Å². The summed E-state index contributed by atoms with van der Waals surface area (Å²) in [6.07, 6.45) is 7.07. The molecule has 1 spiro atoms. The smallest absolute Gasteiger partial charge is 0.245 e. The quantitative estimate of drug-likeness (QED) is 0.721. The van der Waals surface area contributed by atoms with E-state index in [2.05, 4.69) is 15.5 Å². The van der Waals surface area contributed by atoms with Gasteiger partial charge in [0.1, 0.15) is 6.04 Å². The van der Waals surface area contributed by atoms with Crippen molar-refractivity contribution in [1.29, 1.82) is 0 Å². The molecule has 0 aromatic carbocycles. The van der Waals surface area contributed by atoms with E-state index in [1.807, 2.05) is 0 Å². The van der Waals surface area contributed by atoms with Crippen LogP contribution in [-0.4, -0.2) is 47.9 Å². The van der Waals surface area contributed by atoms with Crippen LogP contribution in [0.5, 0.6) is 0 Å². The Morgan fingerprint density at radius 1 is 1.26 bits per heavy atom. The van der Waals surface area contributed by atoms with Gasteiger partial charge in [-0.1, -0.05) is 19.3 Å². The van der Waals surface area contributed by atoms with Crippen LogP contribution in [0, 0.1) is 0 Å². The van der Waals surface area contributed by atoms with E-state index < -0.39 is 0 Å². The Labute approximate surface area is 114 Å². The molecule has 5 heteroatoms. The first kappa shape index (κ1) is 12.9. The lowest BCUT2D eigenvalue weighted by molar-refractivity contribution is -0.143. The summed E-state index contributed by atoms with van der Waals surface area (Å²) in [5.74, 6) is 0.167. The van der Waals surface area contributed by atoms with Gasteiger partial charge in [-0.3, -0.25) is 9.59 Å². The average molecular weight is 265 g/mol. The highest BCUT2D eigenvalue weighted by Crippen LogP contribution is 2.35. The molecule has 1 saturated carbocycles. The van der Waals surface area contributed by atoms with Crippen molar-refractivity contribution in [3.8, 4) is 0 Å². The highest BCUT2D eigenvalue weighted by atomic mass is 16.2. The minimum absolute atomic E-state index is 0.0148. The Morgan fingerprint density at radius 3 is 2.74 bits per heavy atom. The summed E-state index contributed by atoms with van der Waals surface area (Å²) in [5, 5.41) is 6.27. The first-order chi connectivity index (χ1) is 9.21. The normalized spacial score (nSPS) is 30.4. The lowest BCUT2D eigenvalue weighted by Crippen LogP contribution is -2.66. The summed E-state index contributed by atoms with van der Waals surface area (Å²) in [6, 6.07) is -0.274. The van der Waals surface area contributed by atoms with E-state index in [4.69, 9.17) is 0 Å². The van der Waals surface area contributed by atoms with Gasteiger partial charge in [-0.15, -0.1) is 0 Å². The molecular formula is C14H23N3O2. The summed E-state index contributed by atoms with van der Waals surface area (Å²) < 4.78 is 0. The zero-order valence-corrected chi connectivity index (χ0v) is 11.4. The predicted octanol–water partition coefficient (Wildman–Crippen LogP) is 0.400. The second-order valence-corrected chi connectivity index (χ2v) is 6.11. The van der Waals surface area contributed by atoms with E-state index in [0.717, 1.165) is 32.5 Å². The minimum atomic E-state index is -0.274. The second-order valence-electron chi connectivity index (χ2n) is 6.11. The fourth-order valence-corrected chi connectivity index (χ4v) is 3.83. The van der Waals surface area contributed by atoms with Gasteiger partial charge in [0, 0.05) is 26.1 Å². The van der Waals surface area contributed by atoms with Gasteiger partial charge in [-0.25, -0.2) is 0 Å². The Hall–Kier alpha value is -1.10. The molecule has 3 rings (SSSR count). The van der Waals surface area contributed by atoms with Crippen molar-refractivity contribution in [2.75, 3.05) is 19.6 Å². The Bertz CT molecular complexity index is 369. The van der Waals surface area contributed by atoms with Crippen molar-refractivity contribution in [2.24, 2.45) is 0 Å². The monoisotopic (exact) mass is 265 g/mol. The highest BCUT2D eigenvalue weighted by molar-refractivity contribution is 5.91. The molecular weight excluding hydrogens is 242 g/mol. The van der Waals surface area contributed by atoms with Crippen LogP contribution < -0.4 is 10.6 Å². The highest BCUT2D eigenvalue weighted by Gasteiger charge is 2.44. The molecule has 1 aliphatic carbocycles. The molecule has 2 aliphatic heterocycles. The number of carbonyl (C=O) groups is 2. The van der Waals surface area contributed by atoms with Crippen LogP contribution in [0.3, 0.4) is 0 Å². The van der Waals surface area contributed by atoms with Crippen LogP contribution in [0.1, 0.15) is 44.9 Å². The van der Waals surface area contributed by atoms with Gasteiger partial charge in [0.25, 0.3) is 0 Å². The molecule has 19 heavy (non-hydrogen) atoms. The molecule has 1 unspecified atom stereocenters. The number of carbonyl (C=O) groups excluding carboxylic acids is 2. The fraction of sp³-hybridized carbons (Fsp3) is 0.857. The Balaban J connectivity index is 1.76. The summed E-state index contributed by atoms with van der Waals surface area (Å²) in [5.41, 5.74) is 0.0148. The van der Waals surface area contributed by atoms with E-state index in [1.165, 1.54) is 19.3 Å². The van der Waals surface area contributed by atoms with E-state index in [1.54, 1.807) is 0 Å². The second kappa shape index (κ2) is 5.12. The van der Waals surface area contributed by atoms with Crippen LogP contribution >= 0.6 is 0 Å². The molecule has 3 aliphatic rings. The molecule has 0 bridgehead atoms. The van der Waals surface area contributed by atoms with Gasteiger partial charge in [-0.2, -0.15) is 0 Å². The number of amides is 2. The number of hydrogen-bond acceptors (Lipinski definition) is 3. The van der Waals surface area contributed by atoms with Gasteiger partial charge >= 0.3 is 0 Å². The molecule has 0 aromatic heterocycles.